The molecular weight excluding hydrogens is 295 g/mol. The number of anilines is 1. The molecule has 0 amide bonds. The Morgan fingerprint density at radius 3 is 2.67 bits per heavy atom. The molecule has 0 fully saturated rings. The lowest BCUT2D eigenvalue weighted by molar-refractivity contribution is 0.614. The van der Waals surface area contributed by atoms with Crippen LogP contribution in [0.25, 0.3) is 0 Å². The summed E-state index contributed by atoms with van der Waals surface area (Å²) in [4.78, 5) is 4.14. The van der Waals surface area contributed by atoms with Gasteiger partial charge in [-0.25, -0.2) is 9.37 Å². The van der Waals surface area contributed by atoms with E-state index in [0.29, 0.717) is 5.56 Å². The molecule has 2 nitrogen and oxygen atoms in total. The van der Waals surface area contributed by atoms with Gasteiger partial charge < -0.3 is 5.32 Å². The van der Waals surface area contributed by atoms with Crippen molar-refractivity contribution in [1.29, 1.82) is 0 Å². The lowest BCUT2D eigenvalue weighted by Crippen LogP contribution is -2.07. The Hall–Kier alpha value is -1.42. The van der Waals surface area contributed by atoms with Crippen molar-refractivity contribution < 1.29 is 4.39 Å². The summed E-state index contributed by atoms with van der Waals surface area (Å²) in [5.41, 5.74) is 2.49. The Kier molecular flexibility index (Phi) is 3.97. The molecule has 0 aliphatic carbocycles. The van der Waals surface area contributed by atoms with Gasteiger partial charge in [-0.05, 0) is 59.1 Å². The molecule has 0 spiro atoms. The van der Waals surface area contributed by atoms with Crippen LogP contribution in [0.4, 0.5) is 10.1 Å². The first kappa shape index (κ1) is 13.0. The molecule has 1 aromatic carbocycles. The van der Waals surface area contributed by atoms with Gasteiger partial charge in [0.15, 0.2) is 0 Å². The fourth-order valence-corrected chi connectivity index (χ4v) is 1.91. The first-order chi connectivity index (χ1) is 8.56. The summed E-state index contributed by atoms with van der Waals surface area (Å²) < 4.78 is 14.3. The van der Waals surface area contributed by atoms with E-state index in [2.05, 4.69) is 26.2 Å². The third-order valence-corrected chi connectivity index (χ3v) is 3.28. The van der Waals surface area contributed by atoms with E-state index >= 15 is 0 Å². The third kappa shape index (κ3) is 3.07. The summed E-state index contributed by atoms with van der Waals surface area (Å²) in [6.07, 6.45) is 1.74. The summed E-state index contributed by atoms with van der Waals surface area (Å²) in [5, 5.41) is 3.28. The van der Waals surface area contributed by atoms with Crippen LogP contribution in [0.1, 0.15) is 24.1 Å². The molecule has 2 rings (SSSR count). The van der Waals surface area contributed by atoms with Crippen LogP contribution in [0.2, 0.25) is 0 Å². The average Bonchev–Trinajstić information content (AvgIpc) is 2.35. The second kappa shape index (κ2) is 5.48. The number of pyridine rings is 1. The van der Waals surface area contributed by atoms with E-state index in [4.69, 9.17) is 0 Å². The van der Waals surface area contributed by atoms with Crippen molar-refractivity contribution in [1.82, 2.24) is 4.98 Å². The number of aromatic nitrogens is 1. The van der Waals surface area contributed by atoms with E-state index < -0.39 is 0 Å². The number of rotatable bonds is 3. The van der Waals surface area contributed by atoms with Crippen LogP contribution in [0, 0.1) is 12.7 Å². The predicted octanol–water partition coefficient (Wildman–Crippen LogP) is 4.46. The zero-order chi connectivity index (χ0) is 13.1. The fraction of sp³-hybridized carbons (Fsp3) is 0.214. The zero-order valence-corrected chi connectivity index (χ0v) is 11.8. The molecule has 4 heteroatoms. The SMILES string of the molecule is Cc1ccc(C(C)Nc2ccc(Br)nc2)cc1F. The van der Waals surface area contributed by atoms with Crippen molar-refractivity contribution in [3.63, 3.8) is 0 Å². The van der Waals surface area contributed by atoms with Crippen LogP contribution in [-0.2, 0) is 0 Å². The van der Waals surface area contributed by atoms with Crippen molar-refractivity contribution in [2.75, 3.05) is 5.32 Å². The number of aryl methyl sites for hydroxylation is 1. The second-order valence-corrected chi connectivity index (χ2v) is 5.06. The standard InChI is InChI=1S/C14H14BrFN2/c1-9-3-4-11(7-13(9)16)10(2)18-12-5-6-14(15)17-8-12/h3-8,10,18H,1-2H3. The summed E-state index contributed by atoms with van der Waals surface area (Å²) in [5.74, 6) is -0.171. The zero-order valence-electron chi connectivity index (χ0n) is 10.2. The van der Waals surface area contributed by atoms with Gasteiger partial charge in [0, 0.05) is 6.04 Å². The number of hydrogen-bond acceptors (Lipinski definition) is 2. The predicted molar refractivity (Wildman–Crippen MR) is 75.1 cm³/mol. The first-order valence-electron chi connectivity index (χ1n) is 5.70. The molecule has 0 bridgehead atoms. The monoisotopic (exact) mass is 308 g/mol. The molecule has 2 aromatic rings. The van der Waals surface area contributed by atoms with E-state index in [0.717, 1.165) is 15.9 Å². The largest absolute Gasteiger partial charge is 0.377 e. The number of nitrogens with zero attached hydrogens (tertiary/aromatic N) is 1. The van der Waals surface area contributed by atoms with E-state index in [1.54, 1.807) is 25.3 Å². The number of halogens is 2. The van der Waals surface area contributed by atoms with E-state index in [1.165, 1.54) is 0 Å². The summed E-state index contributed by atoms with van der Waals surface area (Å²) in [6.45, 7) is 3.75. The van der Waals surface area contributed by atoms with Crippen LogP contribution in [0.15, 0.2) is 41.1 Å². The van der Waals surface area contributed by atoms with Crippen LogP contribution in [0.3, 0.4) is 0 Å². The molecule has 0 radical (unpaired) electrons. The summed E-state index contributed by atoms with van der Waals surface area (Å²) in [7, 11) is 0. The van der Waals surface area contributed by atoms with Gasteiger partial charge in [0.05, 0.1) is 11.9 Å². The van der Waals surface area contributed by atoms with E-state index in [9.17, 15) is 4.39 Å². The van der Waals surface area contributed by atoms with Gasteiger partial charge in [-0.15, -0.1) is 0 Å². The van der Waals surface area contributed by atoms with Gasteiger partial charge >= 0.3 is 0 Å². The number of benzene rings is 1. The maximum atomic E-state index is 13.5. The van der Waals surface area contributed by atoms with Crippen molar-refractivity contribution >= 4 is 21.6 Å². The Bertz CT molecular complexity index is 540. The maximum absolute atomic E-state index is 13.5. The van der Waals surface area contributed by atoms with Crippen molar-refractivity contribution in [3.05, 3.63) is 58.1 Å². The molecule has 1 N–H and O–H groups in total. The Morgan fingerprint density at radius 1 is 1.28 bits per heavy atom. The molecule has 94 valence electrons. The third-order valence-electron chi connectivity index (χ3n) is 2.81. The minimum Gasteiger partial charge on any atom is -0.377 e. The van der Waals surface area contributed by atoms with Crippen molar-refractivity contribution in [3.8, 4) is 0 Å². The lowest BCUT2D eigenvalue weighted by atomic mass is 10.1. The lowest BCUT2D eigenvalue weighted by Gasteiger charge is -2.16. The van der Waals surface area contributed by atoms with E-state index in [-0.39, 0.29) is 11.9 Å². The second-order valence-electron chi connectivity index (χ2n) is 4.24. The smallest absolute Gasteiger partial charge is 0.126 e. The average molecular weight is 309 g/mol. The summed E-state index contributed by atoms with van der Waals surface area (Å²) in [6, 6.07) is 9.12. The minimum absolute atomic E-state index is 0.0306. The Morgan fingerprint density at radius 2 is 2.06 bits per heavy atom. The van der Waals surface area contributed by atoms with Crippen molar-refractivity contribution in [2.45, 2.75) is 19.9 Å². The van der Waals surface area contributed by atoms with Gasteiger partial charge in [0.25, 0.3) is 0 Å². The van der Waals surface area contributed by atoms with Gasteiger partial charge in [-0.3, -0.25) is 0 Å². The molecule has 1 unspecified atom stereocenters. The highest BCUT2D eigenvalue weighted by molar-refractivity contribution is 9.10. The Balaban J connectivity index is 2.13. The molecule has 1 atom stereocenters. The highest BCUT2D eigenvalue weighted by atomic mass is 79.9. The quantitative estimate of drug-likeness (QED) is 0.847. The maximum Gasteiger partial charge on any atom is 0.126 e. The number of nitrogens with one attached hydrogen (secondary N) is 1. The minimum atomic E-state index is -0.171. The van der Waals surface area contributed by atoms with Crippen LogP contribution in [0.5, 0.6) is 0 Å². The first-order valence-corrected chi connectivity index (χ1v) is 6.49. The number of hydrogen-bond donors (Lipinski definition) is 1. The van der Waals surface area contributed by atoms with Gasteiger partial charge in [0.2, 0.25) is 0 Å². The molecular formula is C14H14BrFN2. The van der Waals surface area contributed by atoms with E-state index in [1.807, 2.05) is 25.1 Å². The van der Waals surface area contributed by atoms with Crippen LogP contribution in [-0.4, -0.2) is 4.98 Å². The highest BCUT2D eigenvalue weighted by Crippen LogP contribution is 2.21. The van der Waals surface area contributed by atoms with Crippen LogP contribution < -0.4 is 5.32 Å². The topological polar surface area (TPSA) is 24.9 Å². The van der Waals surface area contributed by atoms with Gasteiger partial charge in [0.1, 0.15) is 10.4 Å². The molecule has 1 aromatic heterocycles. The summed E-state index contributed by atoms with van der Waals surface area (Å²) >= 11 is 3.29. The molecule has 0 aliphatic heterocycles. The fourth-order valence-electron chi connectivity index (χ4n) is 1.67. The molecule has 1 heterocycles. The Labute approximate surface area is 114 Å². The van der Waals surface area contributed by atoms with Gasteiger partial charge in [-0.1, -0.05) is 12.1 Å². The molecule has 0 saturated carbocycles. The molecule has 0 aliphatic rings. The normalized spacial score (nSPS) is 12.2. The van der Waals surface area contributed by atoms with Crippen molar-refractivity contribution in [2.24, 2.45) is 0 Å². The molecule has 18 heavy (non-hydrogen) atoms. The highest BCUT2D eigenvalue weighted by Gasteiger charge is 2.07. The molecule has 0 saturated heterocycles. The van der Waals surface area contributed by atoms with Gasteiger partial charge in [-0.2, -0.15) is 0 Å². The van der Waals surface area contributed by atoms with Crippen LogP contribution >= 0.6 is 15.9 Å².